The summed E-state index contributed by atoms with van der Waals surface area (Å²) in [4.78, 5) is 2.18. The second-order valence-corrected chi connectivity index (χ2v) is 6.87. The number of hydrogen-bond donors (Lipinski definition) is 0. The van der Waals surface area contributed by atoms with Gasteiger partial charge in [0, 0.05) is 11.6 Å². The van der Waals surface area contributed by atoms with Crippen LogP contribution < -0.4 is 0 Å². The van der Waals surface area contributed by atoms with E-state index in [0.717, 1.165) is 32.2 Å². The first-order chi connectivity index (χ1) is 9.11. The van der Waals surface area contributed by atoms with Gasteiger partial charge in [0.05, 0.1) is 18.8 Å². The van der Waals surface area contributed by atoms with Crippen LogP contribution in [0.1, 0.15) is 46.5 Å². The maximum absolute atomic E-state index is 12.2. The Morgan fingerprint density at radius 3 is 2.45 bits per heavy atom. The molecule has 0 saturated carbocycles. The lowest BCUT2D eigenvalue weighted by Gasteiger charge is -2.37. The molecule has 0 bridgehead atoms. The molecule has 0 N–H and O–H groups in total. The van der Waals surface area contributed by atoms with Gasteiger partial charge in [-0.15, -0.1) is 13.2 Å². The molecule has 2 heterocycles. The number of alkyl halides is 3. The summed E-state index contributed by atoms with van der Waals surface area (Å²) >= 11 is 0. The van der Waals surface area contributed by atoms with Crippen LogP contribution in [0.15, 0.2) is 0 Å². The van der Waals surface area contributed by atoms with Gasteiger partial charge in [0.25, 0.3) is 0 Å². The lowest BCUT2D eigenvalue weighted by molar-refractivity contribution is -0.328. The molecule has 0 aromatic carbocycles. The number of rotatable bonds is 4. The van der Waals surface area contributed by atoms with E-state index in [1.54, 1.807) is 0 Å². The molecule has 0 radical (unpaired) electrons. The van der Waals surface area contributed by atoms with Crippen molar-refractivity contribution < 1.29 is 22.6 Å². The average molecular weight is 295 g/mol. The summed E-state index contributed by atoms with van der Waals surface area (Å²) in [6.07, 6.45) is -0.854. The minimum atomic E-state index is -4.53. The molecule has 0 aromatic rings. The largest absolute Gasteiger partial charge is 0.522 e. The first-order valence-corrected chi connectivity index (χ1v) is 7.23. The molecular weight excluding hydrogens is 271 g/mol. The van der Waals surface area contributed by atoms with E-state index in [2.05, 4.69) is 9.64 Å². The summed E-state index contributed by atoms with van der Waals surface area (Å²) in [6.45, 7) is 7.19. The summed E-state index contributed by atoms with van der Waals surface area (Å²) in [6, 6.07) is -0.136. The summed E-state index contributed by atoms with van der Waals surface area (Å²) in [7, 11) is 0. The minimum Gasteiger partial charge on any atom is -0.374 e. The first kappa shape index (κ1) is 16.0. The molecule has 20 heavy (non-hydrogen) atoms. The quantitative estimate of drug-likeness (QED) is 0.794. The Morgan fingerprint density at radius 1 is 1.15 bits per heavy atom. The smallest absolute Gasteiger partial charge is 0.374 e. The van der Waals surface area contributed by atoms with Crippen molar-refractivity contribution in [1.82, 2.24) is 4.90 Å². The third-order valence-electron chi connectivity index (χ3n) is 4.25. The van der Waals surface area contributed by atoms with E-state index in [-0.39, 0.29) is 23.8 Å². The van der Waals surface area contributed by atoms with Gasteiger partial charge >= 0.3 is 6.36 Å². The molecule has 6 heteroatoms. The summed E-state index contributed by atoms with van der Waals surface area (Å²) in [5, 5.41) is 0. The van der Waals surface area contributed by atoms with Crippen LogP contribution in [0.4, 0.5) is 13.2 Å². The van der Waals surface area contributed by atoms with Gasteiger partial charge in [-0.05, 0) is 53.0 Å². The topological polar surface area (TPSA) is 21.7 Å². The van der Waals surface area contributed by atoms with E-state index >= 15 is 0 Å². The molecule has 118 valence electrons. The van der Waals surface area contributed by atoms with Crippen LogP contribution in [0.3, 0.4) is 0 Å². The number of ether oxygens (including phenoxy) is 2. The van der Waals surface area contributed by atoms with Gasteiger partial charge in [0.1, 0.15) is 0 Å². The molecule has 0 aliphatic carbocycles. The van der Waals surface area contributed by atoms with Crippen molar-refractivity contribution in [3.8, 4) is 0 Å². The highest BCUT2D eigenvalue weighted by molar-refractivity contribution is 5.04. The van der Waals surface area contributed by atoms with Gasteiger partial charge in [0.15, 0.2) is 0 Å². The fourth-order valence-corrected chi connectivity index (χ4v) is 3.33. The van der Waals surface area contributed by atoms with E-state index in [9.17, 15) is 13.2 Å². The SMILES string of the molecule is CC(C)(C)OC[C@@]12CCCN1[C@H](COC(F)(F)F)CC2. The van der Waals surface area contributed by atoms with Crippen LogP contribution >= 0.6 is 0 Å². The van der Waals surface area contributed by atoms with E-state index in [4.69, 9.17) is 4.74 Å². The van der Waals surface area contributed by atoms with Gasteiger partial charge in [-0.2, -0.15) is 0 Å². The molecule has 2 fully saturated rings. The van der Waals surface area contributed by atoms with Crippen molar-refractivity contribution in [3.05, 3.63) is 0 Å². The zero-order chi connectivity index (χ0) is 15.0. The Kier molecular flexibility index (Phi) is 4.38. The van der Waals surface area contributed by atoms with Crippen LogP contribution in [-0.2, 0) is 9.47 Å². The van der Waals surface area contributed by atoms with Crippen LogP contribution in [-0.4, -0.2) is 48.2 Å². The molecule has 2 aliphatic heterocycles. The summed E-state index contributed by atoms with van der Waals surface area (Å²) in [5.41, 5.74) is -0.295. The molecule has 0 aromatic heterocycles. The average Bonchev–Trinajstić information content (AvgIpc) is 2.80. The van der Waals surface area contributed by atoms with Crippen molar-refractivity contribution in [3.63, 3.8) is 0 Å². The zero-order valence-electron chi connectivity index (χ0n) is 12.4. The third kappa shape index (κ3) is 3.86. The highest BCUT2D eigenvalue weighted by Gasteiger charge is 2.50. The monoisotopic (exact) mass is 295 g/mol. The molecular formula is C14H24F3NO2. The van der Waals surface area contributed by atoms with Crippen molar-refractivity contribution in [2.24, 2.45) is 0 Å². The maximum Gasteiger partial charge on any atom is 0.522 e. The van der Waals surface area contributed by atoms with Gasteiger partial charge in [-0.3, -0.25) is 9.64 Å². The van der Waals surface area contributed by atoms with E-state index in [0.29, 0.717) is 6.61 Å². The van der Waals surface area contributed by atoms with E-state index in [1.165, 1.54) is 0 Å². The molecule has 0 amide bonds. The number of fused-ring (bicyclic) bond motifs is 1. The fourth-order valence-electron chi connectivity index (χ4n) is 3.33. The molecule has 2 aliphatic rings. The lowest BCUT2D eigenvalue weighted by atomic mass is 9.95. The molecule has 2 atom stereocenters. The highest BCUT2D eigenvalue weighted by Crippen LogP contribution is 2.43. The first-order valence-electron chi connectivity index (χ1n) is 7.23. The predicted molar refractivity (Wildman–Crippen MR) is 69.4 cm³/mol. The highest BCUT2D eigenvalue weighted by atomic mass is 19.4. The standard InChI is InChI=1S/C14H24F3NO2/c1-12(2,3)20-10-13-6-4-8-18(13)11(5-7-13)9-19-14(15,16)17/h11H,4-10H2,1-3H3/t11-,13-/m0/s1. The Balaban J connectivity index is 1.94. The van der Waals surface area contributed by atoms with Crippen LogP contribution in [0.25, 0.3) is 0 Å². The molecule has 3 nitrogen and oxygen atoms in total. The summed E-state index contributed by atoms with van der Waals surface area (Å²) in [5.74, 6) is 0. The number of hydrogen-bond acceptors (Lipinski definition) is 3. The minimum absolute atomic E-state index is 0.0765. The van der Waals surface area contributed by atoms with Crippen LogP contribution in [0, 0.1) is 0 Å². The van der Waals surface area contributed by atoms with Crippen molar-refractivity contribution >= 4 is 0 Å². The Hall–Kier alpha value is -0.330. The van der Waals surface area contributed by atoms with Crippen molar-refractivity contribution in [2.75, 3.05) is 19.8 Å². The lowest BCUT2D eigenvalue weighted by Crippen LogP contribution is -2.48. The van der Waals surface area contributed by atoms with Gasteiger partial charge < -0.3 is 4.74 Å². The second kappa shape index (κ2) is 5.46. The Morgan fingerprint density at radius 2 is 1.85 bits per heavy atom. The second-order valence-electron chi connectivity index (χ2n) is 6.87. The van der Waals surface area contributed by atoms with Crippen molar-refractivity contribution in [1.29, 1.82) is 0 Å². The zero-order valence-corrected chi connectivity index (χ0v) is 12.4. The van der Waals surface area contributed by atoms with Gasteiger partial charge in [0.2, 0.25) is 0 Å². The van der Waals surface area contributed by atoms with E-state index in [1.807, 2.05) is 20.8 Å². The van der Waals surface area contributed by atoms with Crippen molar-refractivity contribution in [2.45, 2.75) is 70.0 Å². The number of halogens is 3. The van der Waals surface area contributed by atoms with Crippen LogP contribution in [0.2, 0.25) is 0 Å². The maximum atomic E-state index is 12.2. The van der Waals surface area contributed by atoms with Gasteiger partial charge in [-0.25, -0.2) is 0 Å². The Labute approximate surface area is 118 Å². The van der Waals surface area contributed by atoms with Gasteiger partial charge in [-0.1, -0.05) is 0 Å². The van der Waals surface area contributed by atoms with Crippen LogP contribution in [0.5, 0.6) is 0 Å². The molecule has 0 spiro atoms. The molecule has 0 unspecified atom stereocenters. The predicted octanol–water partition coefficient (Wildman–Crippen LogP) is 3.33. The summed E-state index contributed by atoms with van der Waals surface area (Å²) < 4.78 is 46.5. The molecule has 2 rings (SSSR count). The molecule has 2 saturated heterocycles. The normalized spacial score (nSPS) is 31.8. The third-order valence-corrected chi connectivity index (χ3v) is 4.25. The van der Waals surface area contributed by atoms with E-state index < -0.39 is 6.36 Å². The Bertz CT molecular complexity index is 340. The fraction of sp³-hybridized carbons (Fsp3) is 1.00. The number of nitrogens with zero attached hydrogens (tertiary/aromatic N) is 1.